The van der Waals surface area contributed by atoms with Crippen LogP contribution in [0.15, 0.2) is 60.8 Å². The van der Waals surface area contributed by atoms with E-state index in [1.165, 1.54) is 103 Å². The second-order valence-corrected chi connectivity index (χ2v) is 15.6. The molecule has 54 heavy (non-hydrogen) atoms. The van der Waals surface area contributed by atoms with Crippen LogP contribution >= 0.6 is 7.82 Å². The molecule has 0 aliphatic heterocycles. The van der Waals surface area contributed by atoms with Gasteiger partial charge in [0, 0.05) is 19.6 Å². The number of rotatable bonds is 41. The predicted octanol–water partition coefficient (Wildman–Crippen LogP) is 13.0. The van der Waals surface area contributed by atoms with Crippen molar-refractivity contribution in [1.29, 1.82) is 0 Å². The molecule has 8 nitrogen and oxygen atoms in total. The van der Waals surface area contributed by atoms with Crippen LogP contribution in [0.25, 0.3) is 0 Å². The molecule has 0 aromatic carbocycles. The first-order chi connectivity index (χ1) is 26.4. The number of nitrogens with two attached hydrogens (primary N) is 1. The van der Waals surface area contributed by atoms with Gasteiger partial charge in [-0.05, 0) is 77.0 Å². The third-order valence-corrected chi connectivity index (χ3v) is 9.90. The van der Waals surface area contributed by atoms with Crippen molar-refractivity contribution in [3.8, 4) is 0 Å². The van der Waals surface area contributed by atoms with E-state index in [0.717, 1.165) is 51.4 Å². The standard InChI is InChI=1S/C45H82NO7P/c1-3-5-7-9-11-13-15-17-19-20-21-22-23-25-27-29-31-33-35-37-40-50-42-44(43-52-54(48,49)51-41-39-46)53-45(47)38-36-34-32-30-28-26-24-18-16-14-12-10-8-6-4-2/h6,8,12,14,17-19,24,28,30,44H,3-5,7,9-11,13,15-16,20-23,25-27,29,31-43,46H2,1-2H3,(H,48,49)/b8-6-,14-12-,19-17-,24-18-,30-28-. The average Bonchev–Trinajstić information content (AvgIpc) is 3.16. The molecule has 0 heterocycles. The summed E-state index contributed by atoms with van der Waals surface area (Å²) in [6, 6.07) is 0. The fraction of sp³-hybridized carbons (Fsp3) is 0.756. The lowest BCUT2D eigenvalue weighted by Crippen LogP contribution is -2.28. The van der Waals surface area contributed by atoms with E-state index in [9.17, 15) is 14.3 Å². The Bertz CT molecular complexity index is 1010. The topological polar surface area (TPSA) is 117 Å². The molecule has 0 radical (unpaired) electrons. The van der Waals surface area contributed by atoms with Gasteiger partial charge in [0.1, 0.15) is 6.10 Å². The van der Waals surface area contributed by atoms with E-state index in [1.54, 1.807) is 0 Å². The number of phosphoric ester groups is 1. The van der Waals surface area contributed by atoms with Gasteiger partial charge in [-0.3, -0.25) is 13.8 Å². The van der Waals surface area contributed by atoms with Gasteiger partial charge in [0.25, 0.3) is 0 Å². The van der Waals surface area contributed by atoms with Gasteiger partial charge in [0.05, 0.1) is 19.8 Å². The third-order valence-electron chi connectivity index (χ3n) is 8.92. The lowest BCUT2D eigenvalue weighted by atomic mass is 10.1. The largest absolute Gasteiger partial charge is 0.472 e. The van der Waals surface area contributed by atoms with E-state index in [4.69, 9.17) is 24.3 Å². The van der Waals surface area contributed by atoms with Gasteiger partial charge in [0.15, 0.2) is 0 Å². The number of unbranched alkanes of at least 4 members (excludes halogenated alkanes) is 18. The van der Waals surface area contributed by atoms with Crippen molar-refractivity contribution in [2.24, 2.45) is 5.73 Å². The van der Waals surface area contributed by atoms with Crippen LogP contribution in [0, 0.1) is 0 Å². The molecule has 0 saturated carbocycles. The van der Waals surface area contributed by atoms with Gasteiger partial charge in [-0.2, -0.15) is 0 Å². The van der Waals surface area contributed by atoms with Crippen LogP contribution in [-0.2, 0) is 27.9 Å². The average molecular weight is 780 g/mol. The van der Waals surface area contributed by atoms with E-state index in [0.29, 0.717) is 13.0 Å². The van der Waals surface area contributed by atoms with E-state index < -0.39 is 13.9 Å². The first-order valence-corrected chi connectivity index (χ1v) is 23.3. The Balaban J connectivity index is 4.07. The Morgan fingerprint density at radius 1 is 0.574 bits per heavy atom. The molecule has 0 aromatic heterocycles. The highest BCUT2D eigenvalue weighted by Gasteiger charge is 2.25. The summed E-state index contributed by atoms with van der Waals surface area (Å²) < 4.78 is 33.4. The molecule has 2 unspecified atom stereocenters. The highest BCUT2D eigenvalue weighted by atomic mass is 31.2. The zero-order valence-corrected chi connectivity index (χ0v) is 35.6. The first-order valence-electron chi connectivity index (χ1n) is 21.8. The molecule has 9 heteroatoms. The highest BCUT2D eigenvalue weighted by molar-refractivity contribution is 7.47. The quantitative estimate of drug-likeness (QED) is 0.0273. The summed E-state index contributed by atoms with van der Waals surface area (Å²) >= 11 is 0. The number of hydrogen-bond donors (Lipinski definition) is 2. The smallest absolute Gasteiger partial charge is 0.457 e. The van der Waals surface area contributed by atoms with Gasteiger partial charge in [0.2, 0.25) is 0 Å². The number of hydrogen-bond acceptors (Lipinski definition) is 7. The van der Waals surface area contributed by atoms with Crippen molar-refractivity contribution in [2.75, 3.05) is 33.0 Å². The molecular weight excluding hydrogens is 697 g/mol. The van der Waals surface area contributed by atoms with Crippen molar-refractivity contribution < 1.29 is 32.8 Å². The summed E-state index contributed by atoms with van der Waals surface area (Å²) in [6.45, 7) is 4.74. The molecule has 0 spiro atoms. The van der Waals surface area contributed by atoms with Gasteiger partial charge < -0.3 is 20.1 Å². The zero-order chi connectivity index (χ0) is 39.5. The number of allylic oxidation sites excluding steroid dienone is 10. The molecule has 0 aliphatic carbocycles. The predicted molar refractivity (Wildman–Crippen MR) is 229 cm³/mol. The Labute approximate surface area is 332 Å². The number of carbonyl (C=O) groups excluding carboxylic acids is 1. The van der Waals surface area contributed by atoms with Crippen molar-refractivity contribution in [2.45, 2.75) is 187 Å². The molecule has 2 atom stereocenters. The molecule has 0 saturated heterocycles. The number of ether oxygens (including phenoxy) is 2. The van der Waals surface area contributed by atoms with Gasteiger partial charge in [-0.25, -0.2) is 4.57 Å². The molecule has 0 rings (SSSR count). The first kappa shape index (κ1) is 52.2. The molecule has 3 N–H and O–H groups in total. The van der Waals surface area contributed by atoms with E-state index in [1.807, 2.05) is 0 Å². The van der Waals surface area contributed by atoms with Gasteiger partial charge in [-0.1, -0.05) is 158 Å². The fourth-order valence-electron chi connectivity index (χ4n) is 5.75. The Kier molecular flexibility index (Phi) is 40.9. The number of esters is 1. The second-order valence-electron chi connectivity index (χ2n) is 14.2. The van der Waals surface area contributed by atoms with Crippen LogP contribution in [0.3, 0.4) is 0 Å². The van der Waals surface area contributed by atoms with E-state index in [2.05, 4.69) is 74.6 Å². The molecular formula is C45H82NO7P. The maximum atomic E-state index is 12.6. The maximum absolute atomic E-state index is 12.6. The monoisotopic (exact) mass is 780 g/mol. The Hall–Kier alpha value is -1.80. The molecule has 0 aromatic rings. The van der Waals surface area contributed by atoms with Crippen LogP contribution in [-0.4, -0.2) is 49.9 Å². The highest BCUT2D eigenvalue weighted by Crippen LogP contribution is 2.43. The lowest BCUT2D eigenvalue weighted by Gasteiger charge is -2.20. The van der Waals surface area contributed by atoms with Crippen molar-refractivity contribution in [3.63, 3.8) is 0 Å². The van der Waals surface area contributed by atoms with Crippen molar-refractivity contribution in [1.82, 2.24) is 0 Å². The van der Waals surface area contributed by atoms with Gasteiger partial charge >= 0.3 is 13.8 Å². The summed E-state index contributed by atoms with van der Waals surface area (Å²) in [6.07, 6.45) is 51.0. The summed E-state index contributed by atoms with van der Waals surface area (Å²) in [5.41, 5.74) is 5.36. The molecule has 314 valence electrons. The number of phosphoric acid groups is 1. The summed E-state index contributed by atoms with van der Waals surface area (Å²) in [5, 5.41) is 0. The zero-order valence-electron chi connectivity index (χ0n) is 34.7. The lowest BCUT2D eigenvalue weighted by molar-refractivity contribution is -0.154. The summed E-state index contributed by atoms with van der Waals surface area (Å²) in [7, 11) is -4.29. The van der Waals surface area contributed by atoms with Crippen LogP contribution < -0.4 is 5.73 Å². The second kappa shape index (κ2) is 42.3. The molecule has 0 bridgehead atoms. The minimum absolute atomic E-state index is 0.0911. The normalized spacial score (nSPS) is 14.1. The minimum Gasteiger partial charge on any atom is -0.457 e. The van der Waals surface area contributed by atoms with Crippen molar-refractivity contribution in [3.05, 3.63) is 60.8 Å². The van der Waals surface area contributed by atoms with Crippen LogP contribution in [0.2, 0.25) is 0 Å². The summed E-state index contributed by atoms with van der Waals surface area (Å²) in [5.74, 6) is -0.372. The van der Waals surface area contributed by atoms with Crippen molar-refractivity contribution >= 4 is 13.8 Å². The van der Waals surface area contributed by atoms with E-state index >= 15 is 0 Å². The Morgan fingerprint density at radius 3 is 1.57 bits per heavy atom. The molecule has 0 fully saturated rings. The third kappa shape index (κ3) is 41.4. The van der Waals surface area contributed by atoms with Crippen LogP contribution in [0.5, 0.6) is 0 Å². The fourth-order valence-corrected chi connectivity index (χ4v) is 6.51. The Morgan fingerprint density at radius 2 is 1.04 bits per heavy atom. The van der Waals surface area contributed by atoms with E-state index in [-0.39, 0.29) is 38.8 Å². The maximum Gasteiger partial charge on any atom is 0.472 e. The van der Waals surface area contributed by atoms with Crippen LogP contribution in [0.4, 0.5) is 0 Å². The number of carbonyl (C=O) groups is 1. The summed E-state index contributed by atoms with van der Waals surface area (Å²) in [4.78, 5) is 22.4. The van der Waals surface area contributed by atoms with Gasteiger partial charge in [-0.15, -0.1) is 0 Å². The minimum atomic E-state index is -4.29. The SMILES string of the molecule is CC/C=C\C/C=C\C/C=C\C/C=C\CCCCC(=O)OC(COCCCCCCCCCCCC/C=C\CCCCCCCC)COP(=O)(O)OCCN. The molecule has 0 amide bonds. The van der Waals surface area contributed by atoms with Crippen LogP contribution in [0.1, 0.15) is 181 Å². The molecule has 0 aliphatic rings.